The van der Waals surface area contributed by atoms with Gasteiger partial charge in [-0.05, 0) is 36.8 Å². The molecular weight excluding hydrogens is 582 g/mol. The number of alkyl halides is 6. The van der Waals surface area contributed by atoms with Crippen LogP contribution in [0, 0.1) is 17.0 Å². The van der Waals surface area contributed by atoms with Crippen molar-refractivity contribution in [2.24, 2.45) is 0 Å². The zero-order valence-corrected chi connectivity index (χ0v) is 21.2. The quantitative estimate of drug-likeness (QED) is 0.242. The van der Waals surface area contributed by atoms with Crippen LogP contribution in [-0.4, -0.2) is 55.2 Å². The minimum Gasteiger partial charge on any atom is -0.406 e. The van der Waals surface area contributed by atoms with Gasteiger partial charge in [0, 0.05) is 32.2 Å². The van der Waals surface area contributed by atoms with Crippen LogP contribution in [0.4, 0.5) is 37.2 Å². The molecular formula is C21H16F6N4O6S2. The fourth-order valence-corrected chi connectivity index (χ4v) is 6.63. The number of rotatable bonds is 5. The summed E-state index contributed by atoms with van der Waals surface area (Å²) in [7, 11) is -4.12. The number of nitro groups is 1. The van der Waals surface area contributed by atoms with Crippen LogP contribution in [0.2, 0.25) is 0 Å². The molecule has 18 heteroatoms. The van der Waals surface area contributed by atoms with Crippen LogP contribution in [-0.2, 0) is 16.2 Å². The van der Waals surface area contributed by atoms with Gasteiger partial charge >= 0.3 is 12.5 Å². The van der Waals surface area contributed by atoms with Gasteiger partial charge in [0.1, 0.15) is 10.4 Å². The first-order chi connectivity index (χ1) is 18.0. The third-order valence-electron chi connectivity index (χ3n) is 5.83. The number of piperazine rings is 1. The number of aryl methyl sites for hydroxylation is 1. The molecule has 3 aromatic rings. The molecule has 2 aromatic carbocycles. The van der Waals surface area contributed by atoms with E-state index in [2.05, 4.69) is 9.72 Å². The smallest absolute Gasteiger partial charge is 0.406 e. The van der Waals surface area contributed by atoms with E-state index >= 15 is 0 Å². The molecule has 4 rings (SSSR count). The molecule has 0 bridgehead atoms. The molecule has 0 saturated carbocycles. The molecule has 39 heavy (non-hydrogen) atoms. The number of benzene rings is 2. The number of ether oxygens (including phenoxy) is 1. The van der Waals surface area contributed by atoms with Crippen molar-refractivity contribution in [2.45, 2.75) is 24.4 Å². The van der Waals surface area contributed by atoms with E-state index in [0.717, 1.165) is 35.5 Å². The monoisotopic (exact) mass is 598 g/mol. The number of anilines is 1. The molecule has 210 valence electrons. The third-order valence-corrected chi connectivity index (χ3v) is 8.89. The van der Waals surface area contributed by atoms with Crippen LogP contribution in [0.1, 0.15) is 11.1 Å². The Kier molecular flexibility index (Phi) is 7.24. The highest BCUT2D eigenvalue weighted by Crippen LogP contribution is 2.41. The zero-order valence-electron chi connectivity index (χ0n) is 19.5. The Morgan fingerprint density at radius 3 is 2.15 bits per heavy atom. The van der Waals surface area contributed by atoms with Crippen LogP contribution in [0.3, 0.4) is 0 Å². The number of aromatic nitrogens is 1. The highest BCUT2D eigenvalue weighted by atomic mass is 32.2. The zero-order chi connectivity index (χ0) is 28.9. The van der Waals surface area contributed by atoms with E-state index in [1.54, 1.807) is 0 Å². The van der Waals surface area contributed by atoms with E-state index in [4.69, 9.17) is 0 Å². The van der Waals surface area contributed by atoms with Crippen molar-refractivity contribution in [1.29, 1.82) is 0 Å². The Hall–Kier alpha value is -3.51. The maximum atomic E-state index is 13.4. The fraction of sp³-hybridized carbons (Fsp3) is 0.333. The number of nitro benzene ring substituents is 1. The molecule has 1 aliphatic rings. The van der Waals surface area contributed by atoms with E-state index in [0.29, 0.717) is 17.4 Å². The van der Waals surface area contributed by atoms with Gasteiger partial charge in [-0.2, -0.15) is 22.5 Å². The van der Waals surface area contributed by atoms with Gasteiger partial charge in [-0.25, -0.2) is 8.42 Å². The van der Waals surface area contributed by atoms with Crippen LogP contribution in [0.15, 0.2) is 40.0 Å². The second-order valence-electron chi connectivity index (χ2n) is 8.24. The number of non-ortho nitro benzene ring substituents is 1. The highest BCUT2D eigenvalue weighted by Gasteiger charge is 2.37. The highest BCUT2D eigenvalue weighted by molar-refractivity contribution is 7.89. The second-order valence-corrected chi connectivity index (χ2v) is 11.2. The topological polar surface area (TPSA) is 123 Å². The average Bonchev–Trinajstić information content (AvgIpc) is 2.82. The minimum absolute atomic E-state index is 0.0314. The van der Waals surface area contributed by atoms with Gasteiger partial charge in [-0.3, -0.25) is 14.9 Å². The number of sulfonamides is 1. The predicted molar refractivity (Wildman–Crippen MR) is 126 cm³/mol. The lowest BCUT2D eigenvalue weighted by atomic mass is 10.0. The fourth-order valence-electron chi connectivity index (χ4n) is 4.01. The Labute approximate surface area is 219 Å². The lowest BCUT2D eigenvalue weighted by Crippen LogP contribution is -2.49. The van der Waals surface area contributed by atoms with Gasteiger partial charge < -0.3 is 9.64 Å². The summed E-state index contributed by atoms with van der Waals surface area (Å²) < 4.78 is 108. The molecule has 10 nitrogen and oxygen atoms in total. The van der Waals surface area contributed by atoms with Gasteiger partial charge in [0.2, 0.25) is 10.0 Å². The largest absolute Gasteiger partial charge is 0.573 e. The summed E-state index contributed by atoms with van der Waals surface area (Å²) >= 11 is 0.639. The van der Waals surface area contributed by atoms with E-state index in [1.807, 2.05) is 0 Å². The van der Waals surface area contributed by atoms with E-state index in [1.165, 1.54) is 4.90 Å². The van der Waals surface area contributed by atoms with E-state index in [-0.39, 0.29) is 40.9 Å². The van der Waals surface area contributed by atoms with Gasteiger partial charge in [0.15, 0.2) is 5.13 Å². The third kappa shape index (κ3) is 5.76. The normalized spacial score (nSPS) is 15.5. The summed E-state index contributed by atoms with van der Waals surface area (Å²) in [5.74, 6) is -0.602. The van der Waals surface area contributed by atoms with Gasteiger partial charge in [0.25, 0.3) is 11.2 Å². The Morgan fingerprint density at radius 1 is 1.05 bits per heavy atom. The predicted octanol–water partition coefficient (Wildman–Crippen LogP) is 4.30. The van der Waals surface area contributed by atoms with Gasteiger partial charge in [0.05, 0.1) is 20.8 Å². The molecule has 0 radical (unpaired) electrons. The van der Waals surface area contributed by atoms with Crippen molar-refractivity contribution in [2.75, 3.05) is 31.1 Å². The van der Waals surface area contributed by atoms with Crippen LogP contribution in [0.25, 0.3) is 10.1 Å². The summed E-state index contributed by atoms with van der Waals surface area (Å²) in [5.41, 5.74) is -3.82. The van der Waals surface area contributed by atoms with E-state index in [9.17, 15) is 49.7 Å². The molecule has 1 aromatic heterocycles. The SMILES string of the molecule is Cc1c(C(F)(F)F)cc([N+](=O)[O-])c2sc(N3CCN(S(=O)(=O)c4ccc(OC(F)(F)F)cc4)CC3)nc(=O)c12. The molecule has 1 fully saturated rings. The number of halogens is 6. The summed E-state index contributed by atoms with van der Waals surface area (Å²) in [4.78, 5) is 28.3. The van der Waals surface area contributed by atoms with Crippen LogP contribution in [0.5, 0.6) is 5.75 Å². The van der Waals surface area contributed by atoms with Crippen molar-refractivity contribution in [1.82, 2.24) is 9.29 Å². The number of hydrogen-bond acceptors (Lipinski definition) is 9. The Morgan fingerprint density at radius 2 is 1.64 bits per heavy atom. The Balaban J connectivity index is 1.60. The molecule has 1 aliphatic heterocycles. The average molecular weight is 599 g/mol. The van der Waals surface area contributed by atoms with Crippen LogP contribution >= 0.6 is 11.3 Å². The lowest BCUT2D eigenvalue weighted by Gasteiger charge is -2.34. The summed E-state index contributed by atoms with van der Waals surface area (Å²) in [5, 5.41) is 11.0. The van der Waals surface area contributed by atoms with Gasteiger partial charge in [-0.15, -0.1) is 13.2 Å². The van der Waals surface area contributed by atoms with Gasteiger partial charge in [-0.1, -0.05) is 11.3 Å². The maximum absolute atomic E-state index is 13.4. The standard InChI is InChI=1S/C21H16F6N4O6S2/c1-11-14(20(22,23)24)10-15(31(33)34)17-16(11)18(32)28-19(38-17)29-6-8-30(9-7-29)39(35,36)13-4-2-12(3-5-13)37-21(25,26)27/h2-5,10H,6-9H2,1H3. The maximum Gasteiger partial charge on any atom is 0.573 e. The van der Waals surface area contributed by atoms with Crippen molar-refractivity contribution in [3.8, 4) is 5.75 Å². The van der Waals surface area contributed by atoms with Crippen molar-refractivity contribution in [3.05, 3.63) is 61.9 Å². The molecule has 0 atom stereocenters. The number of nitrogens with zero attached hydrogens (tertiary/aromatic N) is 4. The van der Waals surface area contributed by atoms with E-state index < -0.39 is 61.0 Å². The molecule has 0 N–H and O–H groups in total. The molecule has 0 spiro atoms. The molecule has 0 aliphatic carbocycles. The first-order valence-corrected chi connectivity index (χ1v) is 13.1. The number of fused-ring (bicyclic) bond motifs is 1. The first kappa shape index (κ1) is 28.5. The Bertz CT molecular complexity index is 1600. The summed E-state index contributed by atoms with van der Waals surface area (Å²) in [6.45, 7) is 0.679. The van der Waals surface area contributed by atoms with Crippen molar-refractivity contribution >= 4 is 42.3 Å². The summed E-state index contributed by atoms with van der Waals surface area (Å²) in [6, 6.07) is 3.98. The number of hydrogen-bond donors (Lipinski definition) is 0. The van der Waals surface area contributed by atoms with Crippen molar-refractivity contribution < 1.29 is 44.4 Å². The van der Waals surface area contributed by atoms with Crippen molar-refractivity contribution in [3.63, 3.8) is 0 Å². The molecule has 1 saturated heterocycles. The first-order valence-electron chi connectivity index (χ1n) is 10.8. The van der Waals surface area contributed by atoms with Crippen LogP contribution < -0.4 is 15.2 Å². The summed E-state index contributed by atoms with van der Waals surface area (Å²) in [6.07, 6.45) is -9.88. The molecule has 0 amide bonds. The minimum atomic E-state index is -4.95. The lowest BCUT2D eigenvalue weighted by molar-refractivity contribution is -0.383. The second kappa shape index (κ2) is 9.91. The molecule has 2 heterocycles. The molecule has 0 unspecified atom stereocenters.